The normalized spacial score (nSPS) is 9.89. The van der Waals surface area contributed by atoms with Crippen molar-refractivity contribution in [1.82, 2.24) is 0 Å². The van der Waals surface area contributed by atoms with Crippen molar-refractivity contribution in [3.05, 3.63) is 47.5 Å². The van der Waals surface area contributed by atoms with Crippen molar-refractivity contribution in [2.24, 2.45) is 0 Å². The molecule has 0 atom stereocenters. The van der Waals surface area contributed by atoms with Crippen molar-refractivity contribution in [2.45, 2.75) is 0 Å². The molecule has 0 bridgehead atoms. The first-order valence-corrected chi connectivity index (χ1v) is 5.38. The molecule has 19 heavy (non-hydrogen) atoms. The summed E-state index contributed by atoms with van der Waals surface area (Å²) in [7, 11) is 0. The van der Waals surface area contributed by atoms with Crippen LogP contribution in [0.4, 0.5) is 0 Å². The average Bonchev–Trinajstić information content (AvgIpc) is 2.43. The van der Waals surface area contributed by atoms with Crippen molar-refractivity contribution in [3.63, 3.8) is 0 Å². The standard InChI is InChI=1S/C14H10O5/c15-7-9-5-11(1-3-13(9)17)19-12-2-4-14(18)10(6-12)8-16/h1-8,17-18H. The Morgan fingerprint density at radius 2 is 1.21 bits per heavy atom. The van der Waals surface area contributed by atoms with Gasteiger partial charge in [0.15, 0.2) is 12.6 Å². The van der Waals surface area contributed by atoms with Gasteiger partial charge in [-0.15, -0.1) is 0 Å². The molecule has 0 unspecified atom stereocenters. The lowest BCUT2D eigenvalue weighted by atomic mass is 10.2. The van der Waals surface area contributed by atoms with E-state index < -0.39 is 0 Å². The van der Waals surface area contributed by atoms with E-state index in [2.05, 4.69) is 0 Å². The second kappa shape index (κ2) is 5.22. The molecular formula is C14H10O5. The molecule has 0 aliphatic rings. The highest BCUT2D eigenvalue weighted by atomic mass is 16.5. The van der Waals surface area contributed by atoms with Crippen LogP contribution in [-0.2, 0) is 0 Å². The van der Waals surface area contributed by atoms with Gasteiger partial charge >= 0.3 is 0 Å². The summed E-state index contributed by atoms with van der Waals surface area (Å²) in [5.74, 6) is 0.396. The van der Waals surface area contributed by atoms with Crippen LogP contribution in [0.25, 0.3) is 0 Å². The second-order valence-corrected chi connectivity index (χ2v) is 3.78. The highest BCUT2D eigenvalue weighted by Crippen LogP contribution is 2.28. The van der Waals surface area contributed by atoms with Gasteiger partial charge in [0.05, 0.1) is 11.1 Å². The molecule has 2 aromatic rings. The summed E-state index contributed by atoms with van der Waals surface area (Å²) in [6.07, 6.45) is 1.02. The molecular weight excluding hydrogens is 248 g/mol. The number of aromatic hydroxyl groups is 2. The Kier molecular flexibility index (Phi) is 3.47. The number of phenols is 2. The third-order valence-electron chi connectivity index (χ3n) is 2.49. The quantitative estimate of drug-likeness (QED) is 0.823. The van der Waals surface area contributed by atoms with E-state index in [-0.39, 0.29) is 22.6 Å². The number of hydrogen-bond donors (Lipinski definition) is 2. The average molecular weight is 258 g/mol. The van der Waals surface area contributed by atoms with Crippen LogP contribution >= 0.6 is 0 Å². The molecule has 0 saturated heterocycles. The van der Waals surface area contributed by atoms with Gasteiger partial charge in [-0.2, -0.15) is 0 Å². The third kappa shape index (κ3) is 2.71. The van der Waals surface area contributed by atoms with Crippen molar-refractivity contribution >= 4 is 12.6 Å². The number of hydrogen-bond acceptors (Lipinski definition) is 5. The van der Waals surface area contributed by atoms with Gasteiger partial charge in [-0.1, -0.05) is 0 Å². The monoisotopic (exact) mass is 258 g/mol. The molecule has 0 radical (unpaired) electrons. The molecule has 0 aliphatic heterocycles. The minimum atomic E-state index is -0.137. The van der Waals surface area contributed by atoms with Gasteiger partial charge in [-0.3, -0.25) is 9.59 Å². The van der Waals surface area contributed by atoms with Gasteiger partial charge in [0, 0.05) is 0 Å². The summed E-state index contributed by atoms with van der Waals surface area (Å²) in [6.45, 7) is 0. The second-order valence-electron chi connectivity index (χ2n) is 3.78. The molecule has 2 N–H and O–H groups in total. The van der Waals surface area contributed by atoms with E-state index in [0.29, 0.717) is 24.1 Å². The van der Waals surface area contributed by atoms with E-state index in [1.807, 2.05) is 0 Å². The summed E-state index contributed by atoms with van der Waals surface area (Å²) in [6, 6.07) is 8.37. The Bertz CT molecular complexity index is 578. The highest BCUT2D eigenvalue weighted by Gasteiger charge is 2.06. The van der Waals surface area contributed by atoms with E-state index in [0.717, 1.165) is 0 Å². The van der Waals surface area contributed by atoms with Crippen LogP contribution in [0.15, 0.2) is 36.4 Å². The minimum absolute atomic E-state index is 0.104. The lowest BCUT2D eigenvalue weighted by molar-refractivity contribution is 0.111. The summed E-state index contributed by atoms with van der Waals surface area (Å²) in [4.78, 5) is 21.4. The van der Waals surface area contributed by atoms with Gasteiger partial charge in [0.25, 0.3) is 0 Å². The number of rotatable bonds is 4. The van der Waals surface area contributed by atoms with Gasteiger partial charge in [0.2, 0.25) is 0 Å². The van der Waals surface area contributed by atoms with Crippen LogP contribution in [-0.4, -0.2) is 22.8 Å². The molecule has 0 fully saturated rings. The maximum Gasteiger partial charge on any atom is 0.153 e. The number of benzene rings is 2. The van der Waals surface area contributed by atoms with Crippen molar-refractivity contribution in [3.8, 4) is 23.0 Å². The molecule has 0 saturated carbocycles. The zero-order valence-electron chi connectivity index (χ0n) is 9.74. The number of aldehydes is 2. The minimum Gasteiger partial charge on any atom is -0.507 e. The summed E-state index contributed by atoms with van der Waals surface area (Å²) < 4.78 is 5.43. The Morgan fingerprint density at radius 1 is 0.789 bits per heavy atom. The maximum atomic E-state index is 10.7. The fraction of sp³-hybridized carbons (Fsp3) is 0. The number of ether oxygens (including phenoxy) is 1. The summed E-state index contributed by atoms with van der Waals surface area (Å²) >= 11 is 0. The van der Waals surface area contributed by atoms with Crippen LogP contribution in [0.1, 0.15) is 20.7 Å². The maximum absolute atomic E-state index is 10.7. The Hall–Kier alpha value is -2.82. The molecule has 0 aliphatic carbocycles. The molecule has 0 heterocycles. The van der Waals surface area contributed by atoms with E-state index in [4.69, 9.17) is 4.74 Å². The van der Waals surface area contributed by atoms with Crippen LogP contribution in [0.3, 0.4) is 0 Å². The smallest absolute Gasteiger partial charge is 0.153 e. The molecule has 5 heteroatoms. The Balaban J connectivity index is 2.30. The lowest BCUT2D eigenvalue weighted by Crippen LogP contribution is -1.89. The molecule has 2 rings (SSSR count). The molecule has 96 valence electrons. The molecule has 0 amide bonds. The van der Waals surface area contributed by atoms with E-state index >= 15 is 0 Å². The largest absolute Gasteiger partial charge is 0.507 e. The summed E-state index contributed by atoms with van der Waals surface area (Å²) in [5.41, 5.74) is 0.207. The first-order valence-electron chi connectivity index (χ1n) is 5.38. The van der Waals surface area contributed by atoms with Gasteiger partial charge in [-0.05, 0) is 36.4 Å². The Labute approximate surface area is 108 Å². The van der Waals surface area contributed by atoms with E-state index in [9.17, 15) is 19.8 Å². The number of carbonyl (C=O) groups excluding carboxylic acids is 2. The van der Waals surface area contributed by atoms with Gasteiger partial charge < -0.3 is 14.9 Å². The van der Waals surface area contributed by atoms with Gasteiger partial charge in [0.1, 0.15) is 23.0 Å². The summed E-state index contributed by atoms with van der Waals surface area (Å²) in [5, 5.41) is 18.7. The van der Waals surface area contributed by atoms with Crippen molar-refractivity contribution < 1.29 is 24.5 Å². The first kappa shape index (κ1) is 12.6. The van der Waals surface area contributed by atoms with Crippen LogP contribution in [0, 0.1) is 0 Å². The molecule has 0 aromatic heterocycles. The zero-order chi connectivity index (χ0) is 13.8. The number of phenolic OH excluding ortho intramolecular Hbond substituents is 2. The molecule has 5 nitrogen and oxygen atoms in total. The van der Waals surface area contributed by atoms with Crippen LogP contribution in [0.2, 0.25) is 0 Å². The zero-order valence-corrected chi connectivity index (χ0v) is 9.74. The fourth-order valence-electron chi connectivity index (χ4n) is 1.52. The fourth-order valence-corrected chi connectivity index (χ4v) is 1.52. The third-order valence-corrected chi connectivity index (χ3v) is 2.49. The van der Waals surface area contributed by atoms with E-state index in [1.165, 1.54) is 36.4 Å². The predicted octanol–water partition coefficient (Wildman–Crippen LogP) is 2.52. The molecule has 2 aromatic carbocycles. The number of carbonyl (C=O) groups is 2. The molecule has 0 spiro atoms. The van der Waals surface area contributed by atoms with Crippen LogP contribution in [0.5, 0.6) is 23.0 Å². The topological polar surface area (TPSA) is 83.8 Å². The SMILES string of the molecule is O=Cc1cc(Oc2ccc(O)c(C=O)c2)ccc1O. The van der Waals surface area contributed by atoms with Gasteiger partial charge in [-0.25, -0.2) is 0 Å². The van der Waals surface area contributed by atoms with Crippen LogP contribution < -0.4 is 4.74 Å². The first-order chi connectivity index (χ1) is 9.13. The Morgan fingerprint density at radius 3 is 1.58 bits per heavy atom. The van der Waals surface area contributed by atoms with Crippen molar-refractivity contribution in [1.29, 1.82) is 0 Å². The highest BCUT2D eigenvalue weighted by molar-refractivity contribution is 5.80. The predicted molar refractivity (Wildman–Crippen MR) is 67.1 cm³/mol. The van der Waals surface area contributed by atoms with E-state index in [1.54, 1.807) is 0 Å². The lowest BCUT2D eigenvalue weighted by Gasteiger charge is -2.08. The van der Waals surface area contributed by atoms with Crippen molar-refractivity contribution in [2.75, 3.05) is 0 Å².